The highest BCUT2D eigenvalue weighted by Crippen LogP contribution is 2.25. The normalized spacial score (nSPS) is 24.3. The lowest BCUT2D eigenvalue weighted by molar-refractivity contribution is 0.0293. The molecular formula is C13H20FN3O. The van der Waals surface area contributed by atoms with Crippen LogP contribution in [0, 0.1) is 5.82 Å². The smallest absolute Gasteiger partial charge is 0.170 e. The zero-order valence-electron chi connectivity index (χ0n) is 10.9. The molecule has 0 bridgehead atoms. The van der Waals surface area contributed by atoms with Gasteiger partial charge in [-0.05, 0) is 19.4 Å². The molecular weight excluding hydrogens is 233 g/mol. The van der Waals surface area contributed by atoms with Crippen LogP contribution in [0.5, 0.6) is 0 Å². The first kappa shape index (κ1) is 13.2. The van der Waals surface area contributed by atoms with E-state index in [1.54, 1.807) is 12.3 Å². The zero-order chi connectivity index (χ0) is 13.1. The van der Waals surface area contributed by atoms with Gasteiger partial charge in [0.2, 0.25) is 0 Å². The Morgan fingerprint density at radius 1 is 1.61 bits per heavy atom. The Labute approximate surface area is 107 Å². The molecule has 1 aliphatic rings. The molecule has 0 spiro atoms. The lowest BCUT2D eigenvalue weighted by Gasteiger charge is -2.39. The summed E-state index contributed by atoms with van der Waals surface area (Å²) in [4.78, 5) is 6.19. The molecule has 5 heteroatoms. The van der Waals surface area contributed by atoms with Crippen molar-refractivity contribution in [1.82, 2.24) is 4.98 Å². The van der Waals surface area contributed by atoms with E-state index in [1.165, 1.54) is 0 Å². The largest absolute Gasteiger partial charge is 0.375 e. The molecule has 0 aliphatic carbocycles. The van der Waals surface area contributed by atoms with Crippen molar-refractivity contribution in [3.8, 4) is 0 Å². The fraction of sp³-hybridized carbons (Fsp3) is 0.615. The second-order valence-electron chi connectivity index (χ2n) is 4.67. The molecule has 2 rings (SSSR count). The number of hydrogen-bond donors (Lipinski definition) is 1. The number of anilines is 1. The summed E-state index contributed by atoms with van der Waals surface area (Å²) in [5.41, 5.74) is 6.04. The molecule has 0 radical (unpaired) electrons. The van der Waals surface area contributed by atoms with Crippen molar-refractivity contribution in [2.24, 2.45) is 5.73 Å². The molecule has 100 valence electrons. The van der Waals surface area contributed by atoms with Gasteiger partial charge in [0.15, 0.2) is 11.6 Å². The molecule has 1 aromatic rings. The molecule has 1 fully saturated rings. The van der Waals surface area contributed by atoms with E-state index in [0.29, 0.717) is 24.5 Å². The molecule has 2 heterocycles. The number of rotatable bonds is 3. The average molecular weight is 253 g/mol. The summed E-state index contributed by atoms with van der Waals surface area (Å²) < 4.78 is 19.9. The molecule has 18 heavy (non-hydrogen) atoms. The minimum atomic E-state index is -0.299. The Morgan fingerprint density at radius 3 is 3.06 bits per heavy atom. The second kappa shape index (κ2) is 5.63. The lowest BCUT2D eigenvalue weighted by Crippen LogP contribution is -2.49. The topological polar surface area (TPSA) is 51.4 Å². The third-order valence-electron chi connectivity index (χ3n) is 3.38. The maximum absolute atomic E-state index is 14.3. The van der Waals surface area contributed by atoms with Gasteiger partial charge in [0.25, 0.3) is 0 Å². The Bertz CT molecular complexity index is 413. The van der Waals surface area contributed by atoms with Crippen LogP contribution >= 0.6 is 0 Å². The number of pyridine rings is 1. The van der Waals surface area contributed by atoms with E-state index < -0.39 is 0 Å². The number of nitrogens with zero attached hydrogens (tertiary/aromatic N) is 2. The van der Waals surface area contributed by atoms with Crippen LogP contribution < -0.4 is 10.6 Å². The number of ether oxygens (including phenoxy) is 1. The number of aromatic nitrogens is 1. The van der Waals surface area contributed by atoms with Crippen LogP contribution in [-0.4, -0.2) is 30.3 Å². The molecule has 2 atom stereocenters. The van der Waals surface area contributed by atoms with Crippen molar-refractivity contribution < 1.29 is 9.13 Å². The monoisotopic (exact) mass is 253 g/mol. The van der Waals surface area contributed by atoms with Crippen LogP contribution in [0.25, 0.3) is 0 Å². The van der Waals surface area contributed by atoms with Crippen molar-refractivity contribution in [3.63, 3.8) is 0 Å². The first-order chi connectivity index (χ1) is 8.67. The molecule has 1 aliphatic heterocycles. The van der Waals surface area contributed by atoms with E-state index in [9.17, 15) is 4.39 Å². The van der Waals surface area contributed by atoms with Gasteiger partial charge in [-0.15, -0.1) is 0 Å². The summed E-state index contributed by atoms with van der Waals surface area (Å²) >= 11 is 0. The third kappa shape index (κ3) is 2.47. The molecule has 0 saturated carbocycles. The quantitative estimate of drug-likeness (QED) is 0.890. The van der Waals surface area contributed by atoms with Crippen molar-refractivity contribution in [3.05, 3.63) is 23.6 Å². The summed E-state index contributed by atoms with van der Waals surface area (Å²) in [6.07, 6.45) is 2.62. The average Bonchev–Trinajstić information content (AvgIpc) is 2.39. The van der Waals surface area contributed by atoms with Gasteiger partial charge in [-0.3, -0.25) is 0 Å². The highest BCUT2D eigenvalue weighted by atomic mass is 19.1. The van der Waals surface area contributed by atoms with Crippen LogP contribution in [0.2, 0.25) is 0 Å². The van der Waals surface area contributed by atoms with Gasteiger partial charge < -0.3 is 15.4 Å². The molecule has 2 N–H and O–H groups in total. The van der Waals surface area contributed by atoms with E-state index in [0.717, 1.165) is 6.42 Å². The van der Waals surface area contributed by atoms with Crippen LogP contribution in [0.1, 0.15) is 25.8 Å². The first-order valence-corrected chi connectivity index (χ1v) is 6.39. The van der Waals surface area contributed by atoms with Gasteiger partial charge in [-0.2, -0.15) is 0 Å². The Hall–Kier alpha value is -1.20. The second-order valence-corrected chi connectivity index (χ2v) is 4.67. The van der Waals surface area contributed by atoms with Gasteiger partial charge in [0.1, 0.15) is 0 Å². The molecule has 0 aromatic carbocycles. The summed E-state index contributed by atoms with van der Waals surface area (Å²) in [5, 5.41) is 0. The molecule has 1 aromatic heterocycles. The third-order valence-corrected chi connectivity index (χ3v) is 3.38. The van der Waals surface area contributed by atoms with Gasteiger partial charge in [-0.25, -0.2) is 9.37 Å². The summed E-state index contributed by atoms with van der Waals surface area (Å²) in [7, 11) is 0. The highest BCUT2D eigenvalue weighted by molar-refractivity contribution is 5.44. The van der Waals surface area contributed by atoms with Crippen LogP contribution in [0.15, 0.2) is 12.3 Å². The first-order valence-electron chi connectivity index (χ1n) is 6.39. The van der Waals surface area contributed by atoms with E-state index in [4.69, 9.17) is 10.5 Å². The van der Waals surface area contributed by atoms with E-state index >= 15 is 0 Å². The lowest BCUT2D eigenvalue weighted by atomic mass is 10.1. The number of morpholine rings is 1. The zero-order valence-corrected chi connectivity index (χ0v) is 10.9. The minimum Gasteiger partial charge on any atom is -0.375 e. The van der Waals surface area contributed by atoms with Gasteiger partial charge in [-0.1, -0.05) is 6.92 Å². The summed E-state index contributed by atoms with van der Waals surface area (Å²) in [5.74, 6) is 0.104. The van der Waals surface area contributed by atoms with Crippen molar-refractivity contribution in [2.75, 3.05) is 18.1 Å². The van der Waals surface area contributed by atoms with Crippen LogP contribution in [0.4, 0.5) is 10.2 Å². The predicted molar refractivity (Wildman–Crippen MR) is 68.9 cm³/mol. The number of halogens is 1. The van der Waals surface area contributed by atoms with E-state index in [1.807, 2.05) is 11.8 Å². The maximum atomic E-state index is 14.3. The Kier molecular flexibility index (Phi) is 4.14. The highest BCUT2D eigenvalue weighted by Gasteiger charge is 2.28. The summed E-state index contributed by atoms with van der Waals surface area (Å²) in [6, 6.07) is 1.81. The Morgan fingerprint density at radius 2 is 2.39 bits per heavy atom. The standard InChI is InChI=1S/C13H20FN3O/c1-3-11-8-18-9(2)7-17(11)13-12(14)10(6-15)4-5-16-13/h4-5,9,11H,3,6-8,15H2,1-2H3. The van der Waals surface area contributed by atoms with Crippen LogP contribution in [-0.2, 0) is 11.3 Å². The van der Waals surface area contributed by atoms with Crippen LogP contribution in [0.3, 0.4) is 0 Å². The number of hydrogen-bond acceptors (Lipinski definition) is 4. The van der Waals surface area contributed by atoms with Crippen molar-refractivity contribution in [1.29, 1.82) is 0 Å². The van der Waals surface area contributed by atoms with Crippen molar-refractivity contribution >= 4 is 5.82 Å². The Balaban J connectivity index is 2.33. The van der Waals surface area contributed by atoms with Gasteiger partial charge in [0.05, 0.1) is 18.8 Å². The molecule has 4 nitrogen and oxygen atoms in total. The molecule has 0 amide bonds. The molecule has 2 unspecified atom stereocenters. The van der Waals surface area contributed by atoms with Crippen molar-refractivity contribution in [2.45, 2.75) is 39.0 Å². The fourth-order valence-corrected chi connectivity index (χ4v) is 2.27. The van der Waals surface area contributed by atoms with E-state index in [-0.39, 0.29) is 24.5 Å². The predicted octanol–water partition coefficient (Wildman–Crippen LogP) is 1.68. The molecule has 1 saturated heterocycles. The summed E-state index contributed by atoms with van der Waals surface area (Å²) in [6.45, 7) is 5.53. The number of nitrogens with two attached hydrogens (primary N) is 1. The van der Waals surface area contributed by atoms with E-state index in [2.05, 4.69) is 11.9 Å². The maximum Gasteiger partial charge on any atom is 0.170 e. The van der Waals surface area contributed by atoms with Gasteiger partial charge in [0, 0.05) is 24.8 Å². The SMILES string of the molecule is CCC1COC(C)CN1c1nccc(CN)c1F. The fourth-order valence-electron chi connectivity index (χ4n) is 2.27. The van der Waals surface area contributed by atoms with Gasteiger partial charge >= 0.3 is 0 Å². The minimum absolute atomic E-state index is 0.0931.